The summed E-state index contributed by atoms with van der Waals surface area (Å²) in [6.45, 7) is 5.38. The average molecular weight is 261 g/mol. The molecular weight excluding hydrogens is 238 g/mol. The zero-order chi connectivity index (χ0) is 13.5. The standard InChI is InChI=1S/C15H23N3O/c1-2-3-8-17(9-6-11-19)13-14-12-16-15-7-4-5-10-18(14)15/h4-5,7,10,12,19H,2-3,6,8-9,11,13H2,1H3. The molecule has 0 aliphatic heterocycles. The first-order chi connectivity index (χ1) is 9.35. The zero-order valence-corrected chi connectivity index (χ0v) is 11.6. The summed E-state index contributed by atoms with van der Waals surface area (Å²) in [6.07, 6.45) is 7.24. The minimum atomic E-state index is 0.260. The van der Waals surface area contributed by atoms with Crippen LogP contribution in [0.5, 0.6) is 0 Å². The van der Waals surface area contributed by atoms with Crippen molar-refractivity contribution in [2.75, 3.05) is 19.7 Å². The molecule has 104 valence electrons. The molecule has 1 N–H and O–H groups in total. The number of hydrogen-bond donors (Lipinski definition) is 1. The lowest BCUT2D eigenvalue weighted by molar-refractivity contribution is 0.214. The number of unbranched alkanes of at least 4 members (excludes halogenated alkanes) is 1. The third-order valence-electron chi connectivity index (χ3n) is 3.34. The first-order valence-electron chi connectivity index (χ1n) is 7.09. The molecule has 2 aromatic heterocycles. The highest BCUT2D eigenvalue weighted by atomic mass is 16.3. The highest BCUT2D eigenvalue weighted by Gasteiger charge is 2.09. The minimum Gasteiger partial charge on any atom is -0.396 e. The van der Waals surface area contributed by atoms with Crippen LogP contribution < -0.4 is 0 Å². The van der Waals surface area contributed by atoms with Crippen LogP contribution in [-0.2, 0) is 6.54 Å². The van der Waals surface area contributed by atoms with E-state index in [-0.39, 0.29) is 6.61 Å². The average Bonchev–Trinajstić information content (AvgIpc) is 2.85. The van der Waals surface area contributed by atoms with Gasteiger partial charge in [-0.05, 0) is 31.5 Å². The molecule has 4 nitrogen and oxygen atoms in total. The highest BCUT2D eigenvalue weighted by Crippen LogP contribution is 2.10. The van der Waals surface area contributed by atoms with Gasteiger partial charge in [0.05, 0.1) is 11.9 Å². The Balaban J connectivity index is 2.06. The number of rotatable bonds is 8. The second kappa shape index (κ2) is 7.26. The molecule has 0 saturated carbocycles. The third kappa shape index (κ3) is 3.78. The lowest BCUT2D eigenvalue weighted by Gasteiger charge is -2.21. The van der Waals surface area contributed by atoms with Crippen LogP contribution in [0.2, 0.25) is 0 Å². The summed E-state index contributed by atoms with van der Waals surface area (Å²) in [5, 5.41) is 8.99. The van der Waals surface area contributed by atoms with E-state index in [1.807, 2.05) is 24.4 Å². The van der Waals surface area contributed by atoms with E-state index in [4.69, 9.17) is 5.11 Å². The summed E-state index contributed by atoms with van der Waals surface area (Å²) in [4.78, 5) is 6.82. The van der Waals surface area contributed by atoms with Crippen LogP contribution >= 0.6 is 0 Å². The van der Waals surface area contributed by atoms with Crippen molar-refractivity contribution in [2.45, 2.75) is 32.7 Å². The number of aliphatic hydroxyl groups is 1. The number of imidazole rings is 1. The van der Waals surface area contributed by atoms with Gasteiger partial charge >= 0.3 is 0 Å². The fraction of sp³-hybridized carbons (Fsp3) is 0.533. The number of aliphatic hydroxyl groups excluding tert-OH is 1. The Morgan fingerprint density at radius 3 is 2.89 bits per heavy atom. The van der Waals surface area contributed by atoms with Gasteiger partial charge in [-0.2, -0.15) is 0 Å². The van der Waals surface area contributed by atoms with Crippen LogP contribution in [0.25, 0.3) is 5.65 Å². The van der Waals surface area contributed by atoms with Crippen LogP contribution in [-0.4, -0.2) is 39.1 Å². The van der Waals surface area contributed by atoms with Crippen molar-refractivity contribution in [3.8, 4) is 0 Å². The minimum absolute atomic E-state index is 0.260. The largest absolute Gasteiger partial charge is 0.396 e. The molecule has 0 atom stereocenters. The summed E-state index contributed by atoms with van der Waals surface area (Å²) < 4.78 is 2.14. The molecule has 2 heterocycles. The van der Waals surface area contributed by atoms with E-state index < -0.39 is 0 Å². The van der Waals surface area contributed by atoms with Crippen molar-refractivity contribution < 1.29 is 5.11 Å². The molecule has 0 saturated heterocycles. The molecule has 0 aliphatic rings. The van der Waals surface area contributed by atoms with Gasteiger partial charge in [0.25, 0.3) is 0 Å². The van der Waals surface area contributed by atoms with Crippen LogP contribution in [0.4, 0.5) is 0 Å². The van der Waals surface area contributed by atoms with Gasteiger partial charge in [-0.15, -0.1) is 0 Å². The molecule has 0 spiro atoms. The smallest absolute Gasteiger partial charge is 0.136 e. The molecule has 0 aliphatic carbocycles. The van der Waals surface area contributed by atoms with Gasteiger partial charge in [0.1, 0.15) is 5.65 Å². The summed E-state index contributed by atoms with van der Waals surface area (Å²) in [6, 6.07) is 6.06. The number of nitrogens with zero attached hydrogens (tertiary/aromatic N) is 3. The van der Waals surface area contributed by atoms with Crippen LogP contribution in [0, 0.1) is 0 Å². The Morgan fingerprint density at radius 2 is 2.11 bits per heavy atom. The monoisotopic (exact) mass is 261 g/mol. The van der Waals surface area contributed by atoms with Crippen LogP contribution in [0.15, 0.2) is 30.6 Å². The second-order valence-electron chi connectivity index (χ2n) is 4.89. The molecule has 2 aromatic rings. The van der Waals surface area contributed by atoms with Crippen molar-refractivity contribution in [2.24, 2.45) is 0 Å². The molecular formula is C15H23N3O. The van der Waals surface area contributed by atoms with Crippen molar-refractivity contribution in [1.29, 1.82) is 0 Å². The SMILES string of the molecule is CCCCN(CCCO)Cc1cnc2ccccn12. The number of hydrogen-bond acceptors (Lipinski definition) is 3. The van der Waals surface area contributed by atoms with Crippen LogP contribution in [0.3, 0.4) is 0 Å². The summed E-state index contributed by atoms with van der Waals surface area (Å²) in [5.41, 5.74) is 2.21. The topological polar surface area (TPSA) is 40.8 Å². The Labute approximate surface area is 114 Å². The third-order valence-corrected chi connectivity index (χ3v) is 3.34. The molecule has 0 aromatic carbocycles. The fourth-order valence-electron chi connectivity index (χ4n) is 2.28. The lowest BCUT2D eigenvalue weighted by atomic mass is 10.2. The first-order valence-corrected chi connectivity index (χ1v) is 7.09. The van der Waals surface area contributed by atoms with E-state index in [1.165, 1.54) is 18.5 Å². The van der Waals surface area contributed by atoms with Crippen molar-refractivity contribution in [3.05, 3.63) is 36.3 Å². The second-order valence-corrected chi connectivity index (χ2v) is 4.89. The normalized spacial score (nSPS) is 11.5. The van der Waals surface area contributed by atoms with Crippen molar-refractivity contribution in [3.63, 3.8) is 0 Å². The van der Waals surface area contributed by atoms with E-state index in [2.05, 4.69) is 27.4 Å². The Morgan fingerprint density at radius 1 is 1.26 bits per heavy atom. The Kier molecular flexibility index (Phi) is 5.36. The van der Waals surface area contributed by atoms with Gasteiger partial charge in [0, 0.05) is 25.9 Å². The summed E-state index contributed by atoms with van der Waals surface area (Å²) >= 11 is 0. The van der Waals surface area contributed by atoms with E-state index >= 15 is 0 Å². The Bertz CT molecular complexity index is 487. The maximum atomic E-state index is 8.99. The zero-order valence-electron chi connectivity index (χ0n) is 11.6. The quantitative estimate of drug-likeness (QED) is 0.793. The lowest BCUT2D eigenvalue weighted by Crippen LogP contribution is -2.26. The van der Waals surface area contributed by atoms with Gasteiger partial charge in [0.15, 0.2) is 0 Å². The van der Waals surface area contributed by atoms with Crippen LogP contribution in [0.1, 0.15) is 31.9 Å². The Hall–Kier alpha value is -1.39. The summed E-state index contributed by atoms with van der Waals surface area (Å²) in [5.74, 6) is 0. The van der Waals surface area contributed by atoms with E-state index in [0.29, 0.717) is 0 Å². The molecule has 0 bridgehead atoms. The molecule has 0 unspecified atom stereocenters. The molecule has 2 rings (SSSR count). The predicted octanol–water partition coefficient (Wildman–Crippen LogP) is 2.32. The van der Waals surface area contributed by atoms with E-state index in [0.717, 1.165) is 31.7 Å². The van der Waals surface area contributed by atoms with Gasteiger partial charge in [-0.25, -0.2) is 4.98 Å². The number of pyridine rings is 1. The van der Waals surface area contributed by atoms with E-state index in [1.54, 1.807) is 0 Å². The molecule has 19 heavy (non-hydrogen) atoms. The summed E-state index contributed by atoms with van der Waals surface area (Å²) in [7, 11) is 0. The molecule has 0 fully saturated rings. The number of aromatic nitrogens is 2. The fourth-order valence-corrected chi connectivity index (χ4v) is 2.28. The van der Waals surface area contributed by atoms with Gasteiger partial charge in [-0.3, -0.25) is 4.90 Å². The van der Waals surface area contributed by atoms with Crippen molar-refractivity contribution >= 4 is 5.65 Å². The van der Waals surface area contributed by atoms with Gasteiger partial charge < -0.3 is 9.51 Å². The highest BCUT2D eigenvalue weighted by molar-refractivity contribution is 5.39. The van der Waals surface area contributed by atoms with E-state index in [9.17, 15) is 0 Å². The maximum absolute atomic E-state index is 8.99. The first kappa shape index (κ1) is 14.0. The van der Waals surface area contributed by atoms with Gasteiger partial charge in [0.2, 0.25) is 0 Å². The molecule has 0 amide bonds. The molecule has 0 radical (unpaired) electrons. The number of fused-ring (bicyclic) bond motifs is 1. The molecule has 4 heteroatoms. The van der Waals surface area contributed by atoms with Crippen molar-refractivity contribution in [1.82, 2.24) is 14.3 Å². The predicted molar refractivity (Wildman–Crippen MR) is 77.1 cm³/mol. The van der Waals surface area contributed by atoms with Gasteiger partial charge in [-0.1, -0.05) is 19.4 Å². The maximum Gasteiger partial charge on any atom is 0.136 e.